The van der Waals surface area contributed by atoms with Crippen molar-refractivity contribution >= 4 is 29.2 Å². The average molecular weight is 396 g/mol. The molecule has 0 spiro atoms. The number of para-hydroxylation sites is 1. The Labute approximate surface area is 171 Å². The van der Waals surface area contributed by atoms with Crippen molar-refractivity contribution in [1.29, 1.82) is 0 Å². The highest BCUT2D eigenvalue weighted by Crippen LogP contribution is 2.27. The molecular weight excluding hydrogens is 368 g/mol. The van der Waals surface area contributed by atoms with Crippen molar-refractivity contribution in [2.45, 2.75) is 40.5 Å². The van der Waals surface area contributed by atoms with E-state index in [1.165, 1.54) is 11.8 Å². The molecule has 1 N–H and O–H groups in total. The maximum absolute atomic E-state index is 12.6. The van der Waals surface area contributed by atoms with Crippen LogP contribution < -0.4 is 10.2 Å². The number of anilines is 2. The highest BCUT2D eigenvalue weighted by atomic mass is 16.5. The van der Waals surface area contributed by atoms with E-state index in [-0.39, 0.29) is 18.4 Å². The highest BCUT2D eigenvalue weighted by Gasteiger charge is 2.21. The SMILES string of the molecule is CCOC(=O)c1ccc(NC(=O)CN(C(C)=O)c2c(CC)cccc2CC)cc1. The van der Waals surface area contributed by atoms with Crippen LogP contribution in [0.1, 0.15) is 49.2 Å². The molecule has 0 aliphatic rings. The van der Waals surface area contributed by atoms with Crippen LogP contribution in [0.15, 0.2) is 42.5 Å². The van der Waals surface area contributed by atoms with Crippen molar-refractivity contribution in [1.82, 2.24) is 0 Å². The van der Waals surface area contributed by atoms with Crippen molar-refractivity contribution in [3.63, 3.8) is 0 Å². The molecule has 6 nitrogen and oxygen atoms in total. The molecule has 0 unspecified atom stereocenters. The largest absolute Gasteiger partial charge is 0.462 e. The van der Waals surface area contributed by atoms with Gasteiger partial charge in [0, 0.05) is 12.6 Å². The summed E-state index contributed by atoms with van der Waals surface area (Å²) in [6.45, 7) is 7.49. The van der Waals surface area contributed by atoms with Gasteiger partial charge in [-0.15, -0.1) is 0 Å². The van der Waals surface area contributed by atoms with E-state index < -0.39 is 5.97 Å². The van der Waals surface area contributed by atoms with E-state index in [4.69, 9.17) is 4.74 Å². The summed E-state index contributed by atoms with van der Waals surface area (Å²) in [4.78, 5) is 38.2. The Morgan fingerprint density at radius 1 is 0.931 bits per heavy atom. The molecule has 0 saturated carbocycles. The van der Waals surface area contributed by atoms with Crippen LogP contribution in [0, 0.1) is 0 Å². The van der Waals surface area contributed by atoms with Gasteiger partial charge in [0.25, 0.3) is 0 Å². The van der Waals surface area contributed by atoms with Gasteiger partial charge in [0.1, 0.15) is 6.54 Å². The van der Waals surface area contributed by atoms with Gasteiger partial charge in [0.15, 0.2) is 0 Å². The van der Waals surface area contributed by atoms with E-state index >= 15 is 0 Å². The number of amides is 2. The van der Waals surface area contributed by atoms with E-state index in [0.29, 0.717) is 17.9 Å². The van der Waals surface area contributed by atoms with Crippen LogP contribution in [0.4, 0.5) is 11.4 Å². The Morgan fingerprint density at radius 2 is 1.52 bits per heavy atom. The van der Waals surface area contributed by atoms with E-state index in [1.807, 2.05) is 32.0 Å². The number of aryl methyl sites for hydroxylation is 2. The zero-order valence-electron chi connectivity index (χ0n) is 17.5. The number of esters is 1. The monoisotopic (exact) mass is 396 g/mol. The minimum absolute atomic E-state index is 0.0844. The molecular formula is C23H28N2O4. The van der Waals surface area contributed by atoms with Crippen molar-refractivity contribution in [3.05, 3.63) is 59.2 Å². The summed E-state index contributed by atoms with van der Waals surface area (Å²) in [7, 11) is 0. The molecule has 0 bridgehead atoms. The Balaban J connectivity index is 2.17. The normalized spacial score (nSPS) is 10.3. The maximum Gasteiger partial charge on any atom is 0.338 e. The van der Waals surface area contributed by atoms with E-state index in [1.54, 1.807) is 31.2 Å². The number of ether oxygens (including phenoxy) is 1. The van der Waals surface area contributed by atoms with E-state index in [9.17, 15) is 14.4 Å². The van der Waals surface area contributed by atoms with Gasteiger partial charge >= 0.3 is 5.97 Å². The Hall–Kier alpha value is -3.15. The van der Waals surface area contributed by atoms with Gasteiger partial charge in [0.05, 0.1) is 17.9 Å². The fourth-order valence-electron chi connectivity index (χ4n) is 3.16. The number of benzene rings is 2. The standard InChI is InChI=1S/C23H28N2O4/c1-5-17-9-8-10-18(6-2)22(17)25(16(4)26)15-21(27)24-20-13-11-19(12-14-20)23(28)29-7-3/h8-14H,5-7,15H2,1-4H3,(H,24,27). The second-order valence-corrected chi connectivity index (χ2v) is 6.58. The molecule has 0 aliphatic carbocycles. The van der Waals surface area contributed by atoms with Crippen molar-refractivity contribution < 1.29 is 19.1 Å². The molecule has 0 saturated heterocycles. The topological polar surface area (TPSA) is 75.7 Å². The van der Waals surface area contributed by atoms with Gasteiger partial charge < -0.3 is 15.0 Å². The number of carbonyl (C=O) groups is 3. The molecule has 0 atom stereocenters. The second kappa shape index (κ2) is 10.4. The first kappa shape index (κ1) is 22.1. The van der Waals surface area contributed by atoms with Crippen molar-refractivity contribution in [2.75, 3.05) is 23.4 Å². The molecule has 0 fully saturated rings. The number of hydrogen-bond donors (Lipinski definition) is 1. The van der Waals surface area contributed by atoms with Crippen molar-refractivity contribution in [2.24, 2.45) is 0 Å². The summed E-state index contributed by atoms with van der Waals surface area (Å²) in [5, 5.41) is 2.79. The predicted octanol–water partition coefficient (Wildman–Crippen LogP) is 3.98. The summed E-state index contributed by atoms with van der Waals surface area (Å²) in [5.41, 5.74) is 3.85. The minimum Gasteiger partial charge on any atom is -0.462 e. The van der Waals surface area contributed by atoms with Gasteiger partial charge in [-0.1, -0.05) is 32.0 Å². The quantitative estimate of drug-likeness (QED) is 0.685. The lowest BCUT2D eigenvalue weighted by Gasteiger charge is -2.26. The number of nitrogens with zero attached hydrogens (tertiary/aromatic N) is 1. The maximum atomic E-state index is 12.6. The van der Waals surface area contributed by atoms with Crippen LogP contribution in [0.2, 0.25) is 0 Å². The van der Waals surface area contributed by atoms with Crippen LogP contribution in [0.5, 0.6) is 0 Å². The Kier molecular flexibility index (Phi) is 7.95. The molecule has 0 aromatic heterocycles. The number of hydrogen-bond acceptors (Lipinski definition) is 4. The third kappa shape index (κ3) is 5.67. The van der Waals surface area contributed by atoms with E-state index in [2.05, 4.69) is 5.32 Å². The first-order valence-corrected chi connectivity index (χ1v) is 9.87. The molecule has 0 aliphatic heterocycles. The lowest BCUT2D eigenvalue weighted by molar-refractivity contribution is -0.120. The predicted molar refractivity (Wildman–Crippen MR) is 114 cm³/mol. The van der Waals surface area contributed by atoms with E-state index in [0.717, 1.165) is 29.7 Å². The molecule has 154 valence electrons. The summed E-state index contributed by atoms with van der Waals surface area (Å²) < 4.78 is 4.95. The first-order valence-electron chi connectivity index (χ1n) is 9.87. The third-order valence-corrected chi connectivity index (χ3v) is 4.60. The van der Waals surface area contributed by atoms with Crippen molar-refractivity contribution in [3.8, 4) is 0 Å². The molecule has 6 heteroatoms. The van der Waals surface area contributed by atoms with Gasteiger partial charge in [-0.3, -0.25) is 9.59 Å². The third-order valence-electron chi connectivity index (χ3n) is 4.60. The second-order valence-electron chi connectivity index (χ2n) is 6.58. The summed E-state index contributed by atoms with van der Waals surface area (Å²) in [6, 6.07) is 12.4. The molecule has 29 heavy (non-hydrogen) atoms. The van der Waals surface area contributed by atoms with Crippen LogP contribution in [-0.2, 0) is 27.2 Å². The first-order chi connectivity index (χ1) is 13.9. The molecule has 0 heterocycles. The summed E-state index contributed by atoms with van der Waals surface area (Å²) >= 11 is 0. The highest BCUT2D eigenvalue weighted by molar-refractivity contribution is 6.03. The van der Waals surface area contributed by atoms with Gasteiger partial charge in [0.2, 0.25) is 11.8 Å². The molecule has 2 aromatic carbocycles. The zero-order chi connectivity index (χ0) is 21.4. The number of nitrogens with one attached hydrogen (secondary N) is 1. The zero-order valence-corrected chi connectivity index (χ0v) is 17.5. The fraction of sp³-hybridized carbons (Fsp3) is 0.348. The smallest absolute Gasteiger partial charge is 0.338 e. The van der Waals surface area contributed by atoms with Crippen LogP contribution in [0.25, 0.3) is 0 Å². The van der Waals surface area contributed by atoms with Crippen LogP contribution in [0.3, 0.4) is 0 Å². The molecule has 2 rings (SSSR count). The average Bonchev–Trinajstić information content (AvgIpc) is 2.72. The molecule has 2 aromatic rings. The van der Waals surface area contributed by atoms with Crippen LogP contribution >= 0.6 is 0 Å². The summed E-state index contributed by atoms with van der Waals surface area (Å²) in [6.07, 6.45) is 1.54. The Bertz CT molecular complexity index is 853. The minimum atomic E-state index is -0.406. The Morgan fingerprint density at radius 3 is 2.00 bits per heavy atom. The number of carbonyl (C=O) groups excluding carboxylic acids is 3. The molecule has 2 amide bonds. The van der Waals surface area contributed by atoms with Gasteiger partial charge in [-0.2, -0.15) is 0 Å². The molecule has 0 radical (unpaired) electrons. The summed E-state index contributed by atoms with van der Waals surface area (Å²) in [5.74, 6) is -0.901. The number of rotatable bonds is 8. The fourth-order valence-corrected chi connectivity index (χ4v) is 3.16. The lowest BCUT2D eigenvalue weighted by atomic mass is 10.0. The van der Waals surface area contributed by atoms with Crippen LogP contribution in [-0.4, -0.2) is 30.9 Å². The van der Waals surface area contributed by atoms with Gasteiger partial charge in [-0.05, 0) is 55.2 Å². The van der Waals surface area contributed by atoms with Gasteiger partial charge in [-0.25, -0.2) is 4.79 Å². The lowest BCUT2D eigenvalue weighted by Crippen LogP contribution is -2.38.